The molecule has 0 saturated carbocycles. The number of rotatable bonds is 5. The largest absolute Gasteiger partial charge is 0.459 e. The fourth-order valence-corrected chi connectivity index (χ4v) is 2.04. The molecule has 0 amide bonds. The predicted molar refractivity (Wildman–Crippen MR) is 80.9 cm³/mol. The number of guanidine groups is 1. The van der Waals surface area contributed by atoms with E-state index in [4.69, 9.17) is 9.52 Å². The molecule has 2 rings (SSSR count). The van der Waals surface area contributed by atoms with Crippen LogP contribution in [0.5, 0.6) is 0 Å². The van der Waals surface area contributed by atoms with Crippen LogP contribution in [0.15, 0.2) is 33.7 Å². The summed E-state index contributed by atoms with van der Waals surface area (Å²) in [6.07, 6.45) is 0. The van der Waals surface area contributed by atoms with Crippen molar-refractivity contribution >= 4 is 16.9 Å². The van der Waals surface area contributed by atoms with Gasteiger partial charge >= 0.3 is 0 Å². The normalized spacial score (nSPS) is 11.8. The maximum atomic E-state index is 8.84. The summed E-state index contributed by atoms with van der Waals surface area (Å²) in [5.74, 6) is 1.55. The van der Waals surface area contributed by atoms with Gasteiger partial charge in [0, 0.05) is 24.0 Å². The molecule has 0 aliphatic rings. The summed E-state index contributed by atoms with van der Waals surface area (Å²) >= 11 is 0. The van der Waals surface area contributed by atoms with E-state index in [1.165, 1.54) is 0 Å². The number of aliphatic hydroxyl groups is 1. The summed E-state index contributed by atoms with van der Waals surface area (Å²) < 4.78 is 5.82. The third-order valence-corrected chi connectivity index (χ3v) is 3.07. The van der Waals surface area contributed by atoms with Crippen molar-refractivity contribution in [3.8, 4) is 0 Å². The lowest BCUT2D eigenvalue weighted by atomic mass is 10.1. The summed E-state index contributed by atoms with van der Waals surface area (Å²) in [6, 6.07) is 7.98. The van der Waals surface area contributed by atoms with E-state index >= 15 is 0 Å². The first-order valence-corrected chi connectivity index (χ1v) is 6.86. The van der Waals surface area contributed by atoms with Crippen molar-refractivity contribution in [2.75, 3.05) is 19.7 Å². The van der Waals surface area contributed by atoms with Crippen LogP contribution in [0, 0.1) is 6.92 Å². The molecule has 0 fully saturated rings. The van der Waals surface area contributed by atoms with Gasteiger partial charge in [-0.2, -0.15) is 0 Å². The Bertz CT molecular complexity index is 590. The highest BCUT2D eigenvalue weighted by Gasteiger charge is 2.09. The van der Waals surface area contributed by atoms with E-state index in [1.807, 2.05) is 32.0 Å². The summed E-state index contributed by atoms with van der Waals surface area (Å²) in [5, 5.41) is 16.1. The van der Waals surface area contributed by atoms with Crippen molar-refractivity contribution in [2.45, 2.75) is 20.4 Å². The highest BCUT2D eigenvalue weighted by atomic mass is 16.3. The van der Waals surface area contributed by atoms with E-state index in [0.29, 0.717) is 19.0 Å². The van der Waals surface area contributed by atoms with E-state index in [1.54, 1.807) is 0 Å². The molecule has 0 saturated heterocycles. The standard InChI is InChI=1S/C15H21N3O2/c1-3-16-15(17-8-9-19)18-10-14-11(2)12-6-4-5-7-13(12)20-14/h4-7,19H,3,8-10H2,1-2H3,(H2,16,17,18). The molecular weight excluding hydrogens is 254 g/mol. The summed E-state index contributed by atoms with van der Waals surface area (Å²) in [7, 11) is 0. The van der Waals surface area contributed by atoms with Crippen LogP contribution in [-0.2, 0) is 6.54 Å². The van der Waals surface area contributed by atoms with Crippen LogP contribution in [0.25, 0.3) is 11.0 Å². The summed E-state index contributed by atoms with van der Waals surface area (Å²) in [4.78, 5) is 4.47. The van der Waals surface area contributed by atoms with Crippen molar-refractivity contribution in [2.24, 2.45) is 4.99 Å². The number of aryl methyl sites for hydroxylation is 1. The number of nitrogens with zero attached hydrogens (tertiary/aromatic N) is 1. The van der Waals surface area contributed by atoms with Crippen LogP contribution in [-0.4, -0.2) is 30.8 Å². The molecule has 0 aliphatic heterocycles. The Hall–Kier alpha value is -2.01. The minimum absolute atomic E-state index is 0.0775. The lowest BCUT2D eigenvalue weighted by Gasteiger charge is -2.09. The van der Waals surface area contributed by atoms with E-state index in [-0.39, 0.29) is 6.61 Å². The first-order valence-electron chi connectivity index (χ1n) is 6.86. The molecule has 0 aliphatic carbocycles. The van der Waals surface area contributed by atoms with E-state index in [2.05, 4.69) is 21.7 Å². The average molecular weight is 275 g/mol. The highest BCUT2D eigenvalue weighted by molar-refractivity contribution is 5.82. The van der Waals surface area contributed by atoms with Gasteiger partial charge in [0.15, 0.2) is 5.96 Å². The number of furan rings is 1. The Morgan fingerprint density at radius 2 is 2.10 bits per heavy atom. The summed E-state index contributed by atoms with van der Waals surface area (Å²) in [5.41, 5.74) is 2.02. The molecule has 0 atom stereocenters. The maximum absolute atomic E-state index is 8.84. The van der Waals surface area contributed by atoms with Gasteiger partial charge in [0.25, 0.3) is 0 Å². The number of benzene rings is 1. The first kappa shape index (κ1) is 14.4. The predicted octanol–water partition coefficient (Wildman–Crippen LogP) is 1.79. The molecule has 0 bridgehead atoms. The van der Waals surface area contributed by atoms with Gasteiger partial charge in [-0.15, -0.1) is 0 Å². The van der Waals surface area contributed by atoms with Gasteiger partial charge in [-0.05, 0) is 19.9 Å². The number of para-hydroxylation sites is 1. The molecule has 20 heavy (non-hydrogen) atoms. The zero-order chi connectivity index (χ0) is 14.4. The summed E-state index contributed by atoms with van der Waals surface area (Å²) in [6.45, 7) is 5.85. The minimum atomic E-state index is 0.0775. The van der Waals surface area contributed by atoms with Gasteiger partial charge in [-0.25, -0.2) is 4.99 Å². The van der Waals surface area contributed by atoms with Gasteiger partial charge in [0.1, 0.15) is 17.9 Å². The zero-order valence-corrected chi connectivity index (χ0v) is 11.9. The number of nitrogens with one attached hydrogen (secondary N) is 2. The van der Waals surface area contributed by atoms with Crippen LogP contribution < -0.4 is 10.6 Å². The molecule has 2 aromatic rings. The molecule has 0 radical (unpaired) electrons. The van der Waals surface area contributed by atoms with E-state index in [0.717, 1.165) is 28.8 Å². The third kappa shape index (κ3) is 3.30. The Kier molecular flexibility index (Phi) is 5.01. The number of hydrogen-bond donors (Lipinski definition) is 3. The van der Waals surface area contributed by atoms with Crippen LogP contribution in [0.4, 0.5) is 0 Å². The van der Waals surface area contributed by atoms with Gasteiger partial charge in [-0.1, -0.05) is 18.2 Å². The van der Waals surface area contributed by atoms with Crippen LogP contribution in [0.3, 0.4) is 0 Å². The second-order valence-electron chi connectivity index (χ2n) is 4.49. The van der Waals surface area contributed by atoms with Crippen molar-refractivity contribution in [3.05, 3.63) is 35.6 Å². The van der Waals surface area contributed by atoms with Crippen LogP contribution in [0.2, 0.25) is 0 Å². The molecule has 0 unspecified atom stereocenters. The van der Waals surface area contributed by atoms with Gasteiger partial charge < -0.3 is 20.2 Å². The highest BCUT2D eigenvalue weighted by Crippen LogP contribution is 2.25. The molecule has 5 nitrogen and oxygen atoms in total. The van der Waals surface area contributed by atoms with Crippen LogP contribution in [0.1, 0.15) is 18.2 Å². The molecule has 0 spiro atoms. The SMILES string of the molecule is CCNC(=NCc1oc2ccccc2c1C)NCCO. The van der Waals surface area contributed by atoms with Crippen molar-refractivity contribution in [1.29, 1.82) is 0 Å². The second-order valence-corrected chi connectivity index (χ2v) is 4.49. The van der Waals surface area contributed by atoms with E-state index in [9.17, 15) is 0 Å². The van der Waals surface area contributed by atoms with Gasteiger partial charge in [0.2, 0.25) is 0 Å². The molecule has 1 heterocycles. The van der Waals surface area contributed by atoms with Gasteiger partial charge in [0.05, 0.1) is 6.61 Å². The zero-order valence-electron chi connectivity index (χ0n) is 11.9. The lowest BCUT2D eigenvalue weighted by Crippen LogP contribution is -2.38. The molecular formula is C15H21N3O2. The number of hydrogen-bond acceptors (Lipinski definition) is 3. The Balaban J connectivity index is 2.15. The Labute approximate surface area is 118 Å². The lowest BCUT2D eigenvalue weighted by molar-refractivity contribution is 0.300. The topological polar surface area (TPSA) is 69.8 Å². The molecule has 1 aromatic heterocycles. The fourth-order valence-electron chi connectivity index (χ4n) is 2.04. The third-order valence-electron chi connectivity index (χ3n) is 3.07. The van der Waals surface area contributed by atoms with Crippen molar-refractivity contribution in [1.82, 2.24) is 10.6 Å². The quantitative estimate of drug-likeness (QED) is 0.575. The number of aliphatic imine (C=N–C) groups is 1. The second kappa shape index (κ2) is 6.96. The van der Waals surface area contributed by atoms with Crippen molar-refractivity contribution in [3.63, 3.8) is 0 Å². The molecule has 3 N–H and O–H groups in total. The minimum Gasteiger partial charge on any atom is -0.459 e. The smallest absolute Gasteiger partial charge is 0.191 e. The number of aliphatic hydroxyl groups excluding tert-OH is 1. The average Bonchev–Trinajstić information content (AvgIpc) is 2.79. The van der Waals surface area contributed by atoms with Crippen LogP contribution >= 0.6 is 0 Å². The number of fused-ring (bicyclic) bond motifs is 1. The molecule has 1 aromatic carbocycles. The molecule has 5 heteroatoms. The maximum Gasteiger partial charge on any atom is 0.191 e. The first-order chi connectivity index (χ1) is 9.76. The van der Waals surface area contributed by atoms with Gasteiger partial charge in [-0.3, -0.25) is 0 Å². The Morgan fingerprint density at radius 3 is 2.80 bits per heavy atom. The van der Waals surface area contributed by atoms with Crippen molar-refractivity contribution < 1.29 is 9.52 Å². The fraction of sp³-hybridized carbons (Fsp3) is 0.400. The molecule has 108 valence electrons. The monoisotopic (exact) mass is 275 g/mol. The van der Waals surface area contributed by atoms with E-state index < -0.39 is 0 Å². The Morgan fingerprint density at radius 1 is 1.30 bits per heavy atom.